The van der Waals surface area contributed by atoms with Crippen LogP contribution >= 0.6 is 0 Å². The molecule has 0 fully saturated rings. The van der Waals surface area contributed by atoms with Crippen molar-refractivity contribution in [1.29, 1.82) is 0 Å². The second kappa shape index (κ2) is 13.5. The Hall–Kier alpha value is -2.74. The number of anilines is 2. The molecule has 3 rings (SSSR count). The van der Waals surface area contributed by atoms with E-state index < -0.39 is 0 Å². The maximum atomic E-state index is 2.53. The zero-order valence-corrected chi connectivity index (χ0v) is 28.4. The Kier molecular flexibility index (Phi) is 10.8. The van der Waals surface area contributed by atoms with Gasteiger partial charge in [0.15, 0.2) is 0 Å². The summed E-state index contributed by atoms with van der Waals surface area (Å²) in [6, 6.07) is 23.8. The molecule has 0 aliphatic carbocycles. The lowest BCUT2D eigenvalue weighted by atomic mass is 9.68. The van der Waals surface area contributed by atoms with Crippen molar-refractivity contribution < 1.29 is 0 Å². The zero-order valence-electron chi connectivity index (χ0n) is 28.4. The third-order valence-corrected chi connectivity index (χ3v) is 8.89. The Labute approximate surface area is 253 Å². The molecule has 1 unspecified atom stereocenters. The van der Waals surface area contributed by atoms with Crippen molar-refractivity contribution in [2.75, 3.05) is 36.0 Å². The molecule has 0 radical (unpaired) electrons. The van der Waals surface area contributed by atoms with E-state index in [1.807, 2.05) is 0 Å². The van der Waals surface area contributed by atoms with Crippen molar-refractivity contribution in [2.24, 2.45) is 10.8 Å². The first-order chi connectivity index (χ1) is 19.2. The fraction of sp³-hybridized carbons (Fsp3) is 0.538. The third-order valence-electron chi connectivity index (χ3n) is 8.89. The van der Waals surface area contributed by atoms with E-state index in [1.54, 1.807) is 0 Å². The second-order valence-electron chi connectivity index (χ2n) is 14.2. The first-order valence-electron chi connectivity index (χ1n) is 16.0. The first kappa shape index (κ1) is 32.8. The molecule has 1 atom stereocenters. The maximum Gasteiger partial charge on any atom is 0.0368 e. The minimum Gasteiger partial charge on any atom is -0.372 e. The molecular formula is C39H58N2. The predicted octanol–water partition coefficient (Wildman–Crippen LogP) is 10.7. The highest BCUT2D eigenvalue weighted by molar-refractivity contribution is 5.59. The smallest absolute Gasteiger partial charge is 0.0368 e. The summed E-state index contributed by atoms with van der Waals surface area (Å²) < 4.78 is 0. The highest BCUT2D eigenvalue weighted by atomic mass is 15.1. The summed E-state index contributed by atoms with van der Waals surface area (Å²) in [6.07, 6.45) is 1.17. The van der Waals surface area contributed by atoms with Crippen LogP contribution in [-0.2, 0) is 0 Å². The van der Waals surface area contributed by atoms with Crippen LogP contribution in [0.4, 0.5) is 11.4 Å². The summed E-state index contributed by atoms with van der Waals surface area (Å²) in [6.45, 7) is 32.0. The molecule has 0 amide bonds. The van der Waals surface area contributed by atoms with Crippen molar-refractivity contribution in [2.45, 2.75) is 101 Å². The largest absolute Gasteiger partial charge is 0.372 e. The second-order valence-corrected chi connectivity index (χ2v) is 14.2. The summed E-state index contributed by atoms with van der Waals surface area (Å²) in [4.78, 5) is 4.88. The van der Waals surface area contributed by atoms with Crippen molar-refractivity contribution in [1.82, 2.24) is 0 Å². The summed E-state index contributed by atoms with van der Waals surface area (Å²) >= 11 is 0. The maximum absolute atomic E-state index is 2.53. The molecule has 0 aliphatic heterocycles. The van der Waals surface area contributed by atoms with Gasteiger partial charge in [-0.1, -0.05) is 77.9 Å². The highest BCUT2D eigenvalue weighted by Gasteiger charge is 2.31. The van der Waals surface area contributed by atoms with Crippen LogP contribution in [0.1, 0.15) is 121 Å². The van der Waals surface area contributed by atoms with Crippen LogP contribution < -0.4 is 9.80 Å². The van der Waals surface area contributed by atoms with E-state index >= 15 is 0 Å². The van der Waals surface area contributed by atoms with Crippen molar-refractivity contribution >= 4 is 11.4 Å². The van der Waals surface area contributed by atoms with E-state index in [2.05, 4.69) is 154 Å². The first-order valence-corrected chi connectivity index (χ1v) is 16.0. The van der Waals surface area contributed by atoms with Crippen LogP contribution in [0.25, 0.3) is 0 Å². The van der Waals surface area contributed by atoms with Gasteiger partial charge in [0.05, 0.1) is 0 Å². The molecule has 3 aromatic rings. The number of nitrogens with zero attached hydrogens (tertiary/aromatic N) is 2. The van der Waals surface area contributed by atoms with E-state index in [-0.39, 0.29) is 16.7 Å². The fourth-order valence-electron chi connectivity index (χ4n) is 6.56. The summed E-state index contributed by atoms with van der Waals surface area (Å²) in [5.41, 5.74) is 11.5. The lowest BCUT2D eigenvalue weighted by Gasteiger charge is -2.36. The molecule has 0 spiro atoms. The topological polar surface area (TPSA) is 6.48 Å². The predicted molar refractivity (Wildman–Crippen MR) is 183 cm³/mol. The molecule has 2 heteroatoms. The number of rotatable bonds is 11. The number of benzene rings is 3. The van der Waals surface area contributed by atoms with Crippen LogP contribution in [0.15, 0.2) is 60.7 Å². The molecule has 41 heavy (non-hydrogen) atoms. The molecule has 0 aromatic heterocycles. The highest BCUT2D eigenvalue weighted by Crippen LogP contribution is 2.45. The minimum atomic E-state index is 0.182. The normalized spacial score (nSPS) is 13.0. The monoisotopic (exact) mass is 554 g/mol. The minimum absolute atomic E-state index is 0.182. The lowest BCUT2D eigenvalue weighted by molar-refractivity contribution is 0.229. The van der Waals surface area contributed by atoms with Gasteiger partial charge < -0.3 is 9.80 Å². The number of aryl methyl sites for hydroxylation is 2. The van der Waals surface area contributed by atoms with Gasteiger partial charge >= 0.3 is 0 Å². The molecule has 0 aliphatic rings. The molecule has 0 N–H and O–H groups in total. The lowest BCUT2D eigenvalue weighted by Crippen LogP contribution is -2.24. The molecule has 3 aromatic carbocycles. The fourth-order valence-corrected chi connectivity index (χ4v) is 6.56. The molecule has 2 nitrogen and oxygen atoms in total. The molecule has 224 valence electrons. The Balaban J connectivity index is 2.24. The average molecular weight is 555 g/mol. The molecule has 0 saturated carbocycles. The van der Waals surface area contributed by atoms with Crippen molar-refractivity contribution in [3.8, 4) is 0 Å². The third kappa shape index (κ3) is 7.97. The molecule has 0 saturated heterocycles. The van der Waals surface area contributed by atoms with Gasteiger partial charge in [0, 0.05) is 43.5 Å². The van der Waals surface area contributed by atoms with Gasteiger partial charge in [0.2, 0.25) is 0 Å². The van der Waals surface area contributed by atoms with Crippen LogP contribution in [0.2, 0.25) is 0 Å². The van der Waals surface area contributed by atoms with Crippen LogP contribution in [-0.4, -0.2) is 26.2 Å². The van der Waals surface area contributed by atoms with E-state index in [9.17, 15) is 0 Å². The van der Waals surface area contributed by atoms with Gasteiger partial charge in [0.1, 0.15) is 0 Å². The van der Waals surface area contributed by atoms with E-state index in [1.165, 1.54) is 51.2 Å². The van der Waals surface area contributed by atoms with Crippen molar-refractivity contribution in [3.05, 3.63) is 94.0 Å². The number of hydrogen-bond acceptors (Lipinski definition) is 2. The Bertz CT molecular complexity index is 1200. The SMILES string of the molecule is CCN(CC)c1ccc(C(c2cccc(C(CC(C)(C)C)C(C)(C)C)c2)c2ccc(N(CC)CC)cc2C)c(C)c1. The summed E-state index contributed by atoms with van der Waals surface area (Å²) in [5, 5.41) is 0. The molecular weight excluding hydrogens is 496 g/mol. The Morgan fingerprint density at radius 3 is 1.39 bits per heavy atom. The Morgan fingerprint density at radius 1 is 0.585 bits per heavy atom. The summed E-state index contributed by atoms with van der Waals surface area (Å²) in [5.74, 6) is 0.669. The Morgan fingerprint density at radius 2 is 1.02 bits per heavy atom. The van der Waals surface area contributed by atoms with Crippen LogP contribution in [0.5, 0.6) is 0 Å². The van der Waals surface area contributed by atoms with Crippen molar-refractivity contribution in [3.63, 3.8) is 0 Å². The quantitative estimate of drug-likeness (QED) is 0.217. The van der Waals surface area contributed by atoms with Gasteiger partial charge in [-0.3, -0.25) is 0 Å². The zero-order chi connectivity index (χ0) is 30.5. The van der Waals surface area contributed by atoms with Gasteiger partial charge in [0.25, 0.3) is 0 Å². The van der Waals surface area contributed by atoms with E-state index in [0.29, 0.717) is 5.92 Å². The standard InChI is InChI=1S/C39H58N2/c1-13-40(14-2)32-20-22-34(28(5)24-32)37(35-23-21-33(25-29(35)6)41(15-3)16-4)31-19-17-18-30(26-31)36(39(10,11)12)27-38(7,8)9/h17-26,36-37H,13-16,27H2,1-12H3. The molecule has 0 bridgehead atoms. The summed E-state index contributed by atoms with van der Waals surface area (Å²) in [7, 11) is 0. The molecule has 0 heterocycles. The number of hydrogen-bond donors (Lipinski definition) is 0. The average Bonchev–Trinajstić information content (AvgIpc) is 2.90. The van der Waals surface area contributed by atoms with Gasteiger partial charge in [-0.05, 0) is 122 Å². The van der Waals surface area contributed by atoms with Crippen LogP contribution in [0.3, 0.4) is 0 Å². The van der Waals surface area contributed by atoms with Crippen LogP contribution in [0, 0.1) is 24.7 Å². The van der Waals surface area contributed by atoms with Gasteiger partial charge in [-0.15, -0.1) is 0 Å². The van der Waals surface area contributed by atoms with Gasteiger partial charge in [-0.25, -0.2) is 0 Å². The van der Waals surface area contributed by atoms with E-state index in [4.69, 9.17) is 0 Å². The van der Waals surface area contributed by atoms with E-state index in [0.717, 1.165) is 26.2 Å². The van der Waals surface area contributed by atoms with Gasteiger partial charge in [-0.2, -0.15) is 0 Å².